The quantitative estimate of drug-likeness (QED) is 0.269. The van der Waals surface area contributed by atoms with Crippen molar-refractivity contribution in [2.24, 2.45) is 0 Å². The second-order valence-electron chi connectivity index (χ2n) is 10.5. The zero-order valence-electron chi connectivity index (χ0n) is 22.2. The van der Waals surface area contributed by atoms with E-state index in [4.69, 9.17) is 21.9 Å². The molecule has 3 heterocycles. The van der Waals surface area contributed by atoms with Gasteiger partial charge in [-0.25, -0.2) is 0 Å². The Morgan fingerprint density at radius 3 is 2.37 bits per heavy atom. The van der Waals surface area contributed by atoms with Crippen LogP contribution in [0.15, 0.2) is 79.0 Å². The van der Waals surface area contributed by atoms with Gasteiger partial charge in [0, 0.05) is 29.0 Å². The van der Waals surface area contributed by atoms with Crippen LogP contribution >= 0.6 is 12.2 Å². The molecular formula is C32H34N4OS. The zero-order chi connectivity index (χ0) is 26.2. The molecule has 0 amide bonds. The molecule has 0 bridgehead atoms. The molecule has 0 radical (unpaired) electrons. The maximum absolute atomic E-state index is 6.24. The van der Waals surface area contributed by atoms with E-state index in [1.54, 1.807) is 0 Å². The summed E-state index contributed by atoms with van der Waals surface area (Å²) >= 11 is 5.97. The van der Waals surface area contributed by atoms with Gasteiger partial charge in [-0.1, -0.05) is 24.3 Å². The number of rotatable bonds is 6. The van der Waals surface area contributed by atoms with Gasteiger partial charge in [-0.3, -0.25) is 4.98 Å². The second kappa shape index (κ2) is 10.3. The lowest BCUT2D eigenvalue weighted by atomic mass is 9.96. The number of ether oxygens (including phenoxy) is 1. The van der Waals surface area contributed by atoms with Crippen LogP contribution in [0.3, 0.4) is 0 Å². The third-order valence-corrected chi connectivity index (χ3v) is 8.28. The first-order valence-electron chi connectivity index (χ1n) is 13.5. The Hall–Kier alpha value is -3.64. The van der Waals surface area contributed by atoms with E-state index in [0.717, 1.165) is 30.0 Å². The molecule has 1 aliphatic heterocycles. The molecule has 38 heavy (non-hydrogen) atoms. The van der Waals surface area contributed by atoms with E-state index in [-0.39, 0.29) is 12.1 Å². The van der Waals surface area contributed by atoms with Gasteiger partial charge in [0.15, 0.2) is 5.11 Å². The van der Waals surface area contributed by atoms with Crippen molar-refractivity contribution in [3.8, 4) is 11.4 Å². The van der Waals surface area contributed by atoms with Crippen LogP contribution in [0.2, 0.25) is 0 Å². The number of hydrogen-bond donors (Lipinski definition) is 1. The van der Waals surface area contributed by atoms with Gasteiger partial charge in [0.05, 0.1) is 23.9 Å². The Morgan fingerprint density at radius 1 is 0.921 bits per heavy atom. The largest absolute Gasteiger partial charge is 0.490 e. The second-order valence-corrected chi connectivity index (χ2v) is 10.8. The standard InChI is InChI=1S/C32H34N4OS/c1-21-10-4-7-14-29(21)35-22(2)20-27(23(35)3)31-30(28-13-8-9-19-33-28)34-32(38)36(31)24-15-17-26(18-16-24)37-25-11-5-6-12-25/h4,7-10,13-20,25,30-31H,5-6,11-12H2,1-3H3,(H,34,38)/t30-,31-/m1/s1. The lowest BCUT2D eigenvalue weighted by Gasteiger charge is -2.28. The summed E-state index contributed by atoms with van der Waals surface area (Å²) in [7, 11) is 0. The maximum atomic E-state index is 6.24. The highest BCUT2D eigenvalue weighted by Crippen LogP contribution is 2.44. The highest BCUT2D eigenvalue weighted by molar-refractivity contribution is 7.80. The number of aromatic nitrogens is 2. The van der Waals surface area contributed by atoms with E-state index in [1.165, 1.54) is 41.0 Å². The molecule has 0 spiro atoms. The fourth-order valence-electron chi connectivity index (χ4n) is 6.11. The van der Waals surface area contributed by atoms with Crippen LogP contribution in [0.25, 0.3) is 5.69 Å². The highest BCUT2D eigenvalue weighted by Gasteiger charge is 2.42. The SMILES string of the molecule is Cc1ccccc1-n1c(C)cc([C@@H]2[C@@H](c3ccccn3)NC(=S)N2c2ccc(OC3CCCC3)cc2)c1C. The molecule has 0 unspecified atom stereocenters. The first kappa shape index (κ1) is 24.7. The van der Waals surface area contributed by atoms with Crippen LogP contribution in [0, 0.1) is 20.8 Å². The predicted molar refractivity (Wildman–Crippen MR) is 157 cm³/mol. The summed E-state index contributed by atoms with van der Waals surface area (Å²) in [6.07, 6.45) is 7.00. The van der Waals surface area contributed by atoms with Crippen LogP contribution in [0.4, 0.5) is 5.69 Å². The summed E-state index contributed by atoms with van der Waals surface area (Å²) in [5, 5.41) is 4.31. The molecular weight excluding hydrogens is 488 g/mol. The number of pyridine rings is 1. The van der Waals surface area contributed by atoms with Gasteiger partial charge in [0.1, 0.15) is 5.75 Å². The van der Waals surface area contributed by atoms with Crippen molar-refractivity contribution in [1.82, 2.24) is 14.9 Å². The zero-order valence-corrected chi connectivity index (χ0v) is 23.0. The third-order valence-electron chi connectivity index (χ3n) is 7.96. The number of thiocarbonyl (C=S) groups is 1. The van der Waals surface area contributed by atoms with E-state index < -0.39 is 0 Å². The van der Waals surface area contributed by atoms with Crippen LogP contribution in [-0.2, 0) is 0 Å². The van der Waals surface area contributed by atoms with Crippen molar-refractivity contribution in [2.75, 3.05) is 4.90 Å². The molecule has 6 rings (SSSR count). The number of nitrogens with zero attached hydrogens (tertiary/aromatic N) is 3. The van der Waals surface area contributed by atoms with Gasteiger partial charge in [-0.2, -0.15) is 0 Å². The number of hydrogen-bond acceptors (Lipinski definition) is 3. The molecule has 2 fully saturated rings. The summed E-state index contributed by atoms with van der Waals surface area (Å²) in [4.78, 5) is 6.97. The molecule has 2 aliphatic rings. The Kier molecular flexibility index (Phi) is 6.66. The Bertz CT molecular complexity index is 1440. The molecule has 5 nitrogen and oxygen atoms in total. The van der Waals surface area contributed by atoms with Crippen molar-refractivity contribution < 1.29 is 4.74 Å². The molecule has 6 heteroatoms. The van der Waals surface area contributed by atoms with Crippen LogP contribution in [0.5, 0.6) is 5.75 Å². The van der Waals surface area contributed by atoms with Gasteiger partial charge in [0.2, 0.25) is 0 Å². The molecule has 1 saturated carbocycles. The average Bonchev–Trinajstić information content (AvgIpc) is 3.63. The summed E-state index contributed by atoms with van der Waals surface area (Å²) in [6, 6.07) is 25.2. The van der Waals surface area contributed by atoms with Crippen molar-refractivity contribution in [2.45, 2.75) is 64.6 Å². The minimum Gasteiger partial charge on any atom is -0.490 e. The Labute approximate surface area is 230 Å². The molecule has 2 aromatic heterocycles. The van der Waals surface area contributed by atoms with Crippen LogP contribution in [-0.4, -0.2) is 20.8 Å². The fraction of sp³-hybridized carbons (Fsp3) is 0.312. The van der Waals surface area contributed by atoms with Gasteiger partial charge in [0.25, 0.3) is 0 Å². The molecule has 1 saturated heterocycles. The Morgan fingerprint density at radius 2 is 1.66 bits per heavy atom. The monoisotopic (exact) mass is 522 g/mol. The van der Waals surface area contributed by atoms with Gasteiger partial charge < -0.3 is 19.5 Å². The Balaban J connectivity index is 1.42. The number of benzene rings is 2. The van der Waals surface area contributed by atoms with Crippen molar-refractivity contribution in [3.63, 3.8) is 0 Å². The minimum atomic E-state index is -0.0797. The molecule has 1 aliphatic carbocycles. The smallest absolute Gasteiger partial charge is 0.174 e. The summed E-state index contributed by atoms with van der Waals surface area (Å²) in [5.74, 6) is 0.925. The number of para-hydroxylation sites is 1. The topological polar surface area (TPSA) is 42.3 Å². The molecule has 2 aromatic carbocycles. The number of nitrogens with one attached hydrogen (secondary N) is 1. The average molecular weight is 523 g/mol. The van der Waals surface area contributed by atoms with E-state index in [9.17, 15) is 0 Å². The highest BCUT2D eigenvalue weighted by atomic mass is 32.1. The fourth-order valence-corrected chi connectivity index (χ4v) is 6.45. The normalized spacial score (nSPS) is 19.7. The first-order chi connectivity index (χ1) is 18.5. The lowest BCUT2D eigenvalue weighted by Crippen LogP contribution is -2.29. The number of anilines is 1. The van der Waals surface area contributed by atoms with E-state index in [0.29, 0.717) is 11.2 Å². The third kappa shape index (κ3) is 4.47. The minimum absolute atomic E-state index is 0.0528. The predicted octanol–water partition coefficient (Wildman–Crippen LogP) is 7.30. The summed E-state index contributed by atoms with van der Waals surface area (Å²) in [6.45, 7) is 6.56. The van der Waals surface area contributed by atoms with Crippen LogP contribution in [0.1, 0.15) is 66.0 Å². The molecule has 194 valence electrons. The first-order valence-corrected chi connectivity index (χ1v) is 13.9. The summed E-state index contributed by atoms with van der Waals surface area (Å²) in [5.41, 5.74) is 8.12. The van der Waals surface area contributed by atoms with Crippen molar-refractivity contribution in [3.05, 3.63) is 107 Å². The molecule has 4 aromatic rings. The van der Waals surface area contributed by atoms with Crippen molar-refractivity contribution in [1.29, 1.82) is 0 Å². The lowest BCUT2D eigenvalue weighted by molar-refractivity contribution is 0.210. The van der Waals surface area contributed by atoms with Gasteiger partial charge in [-0.05, 0) is 118 Å². The molecule has 2 atom stereocenters. The van der Waals surface area contributed by atoms with E-state index >= 15 is 0 Å². The van der Waals surface area contributed by atoms with Gasteiger partial charge >= 0.3 is 0 Å². The maximum Gasteiger partial charge on any atom is 0.174 e. The van der Waals surface area contributed by atoms with Crippen LogP contribution < -0.4 is 15.0 Å². The molecule has 1 N–H and O–H groups in total. The summed E-state index contributed by atoms with van der Waals surface area (Å²) < 4.78 is 8.60. The van der Waals surface area contributed by atoms with E-state index in [2.05, 4.69) is 96.2 Å². The van der Waals surface area contributed by atoms with Gasteiger partial charge in [-0.15, -0.1) is 0 Å². The van der Waals surface area contributed by atoms with E-state index in [1.807, 2.05) is 18.3 Å². The number of aryl methyl sites for hydroxylation is 2. The van der Waals surface area contributed by atoms with Crippen molar-refractivity contribution >= 4 is 23.0 Å².